The molecule has 0 saturated carbocycles. The second kappa shape index (κ2) is 29.1. The quantitative estimate of drug-likeness (QED) is 0.0312. The number of sulfonamides is 1. The van der Waals surface area contributed by atoms with Crippen LogP contribution in [0.2, 0.25) is 0 Å². The Labute approximate surface area is 450 Å². The Morgan fingerprint density at radius 2 is 1.39 bits per heavy atom. The molecule has 20 nitrogen and oxygen atoms in total. The summed E-state index contributed by atoms with van der Waals surface area (Å²) < 4.78 is 28.9. The molecule has 0 unspecified atom stereocenters. The first-order valence-electron chi connectivity index (χ1n) is 26.0. The van der Waals surface area contributed by atoms with E-state index in [1.54, 1.807) is 44.4 Å². The van der Waals surface area contributed by atoms with Gasteiger partial charge in [-0.3, -0.25) is 38.5 Å². The van der Waals surface area contributed by atoms with Crippen LogP contribution in [-0.2, 0) is 54.8 Å². The van der Waals surface area contributed by atoms with Crippen LogP contribution >= 0.6 is 0 Å². The Morgan fingerprint density at radius 1 is 0.776 bits per heavy atom. The van der Waals surface area contributed by atoms with Gasteiger partial charge in [-0.1, -0.05) is 117 Å². The first-order valence-corrected chi connectivity index (χ1v) is 27.7. The van der Waals surface area contributed by atoms with Crippen LogP contribution in [-0.4, -0.2) is 130 Å². The van der Waals surface area contributed by atoms with E-state index in [-0.39, 0.29) is 73.0 Å². The molecule has 9 amide bonds. The Bertz CT molecular complexity index is 2490. The van der Waals surface area contributed by atoms with Crippen LogP contribution in [0.25, 0.3) is 0 Å². The Morgan fingerprint density at radius 3 is 1.95 bits per heavy atom. The fraction of sp³-hybridized carbons (Fsp3) is 0.564. The number of nitrogens with zero attached hydrogens (tertiary/aromatic N) is 2. The minimum Gasteiger partial charge on any atom is -0.383 e. The molecule has 0 bridgehead atoms. The minimum atomic E-state index is -4.21. The number of amides is 9. The lowest BCUT2D eigenvalue weighted by Crippen LogP contribution is -2.61. The highest BCUT2D eigenvalue weighted by Crippen LogP contribution is 2.29. The number of benzene rings is 2. The second-order valence-corrected chi connectivity index (χ2v) is 23.5. The lowest BCUT2D eigenvalue weighted by molar-refractivity contribution is -0.141. The molecular formula is C55H84N10O10S. The standard InChI is InChI=1S/C55H84N10O10S/c1-35(2)42(64(12)52(72)48(54(6,7)8)62-51(71)47(57-11)55(9,10)39-20-15-13-16-21-39)32-37(5)49(69)63-76(74,75)34-38-24-26-40(27-25-38)59-33-41(22-19-30-58-53(56)73)60-50(70)46(36(3)4)61-43(66)23-17-14-18-31-65-44(67)28-29-45(65)68/h13,15-16,20-21,24-29,32,35-36,41-42,46-48,57,59H,14,17-19,22-23,30-31,33-34H2,1-12H3,(H,60,70)(H,61,66)(H,62,71)(H,63,69)(H3,56,58,73)/b37-32+/t41-,42+,46-,47+,48+/m0/s1. The van der Waals surface area contributed by atoms with Crippen molar-refractivity contribution in [2.24, 2.45) is 23.0 Å². The van der Waals surface area contributed by atoms with Crippen molar-refractivity contribution in [3.63, 3.8) is 0 Å². The van der Waals surface area contributed by atoms with E-state index in [0.717, 1.165) is 10.5 Å². The van der Waals surface area contributed by atoms with E-state index in [1.807, 2.05) is 92.6 Å². The number of primary amides is 1. The van der Waals surface area contributed by atoms with Gasteiger partial charge >= 0.3 is 6.03 Å². The minimum absolute atomic E-state index is 0.0737. The number of carbonyl (C=O) groups is 8. The molecule has 21 heteroatoms. The highest BCUT2D eigenvalue weighted by Gasteiger charge is 2.42. The molecule has 1 heterocycles. The summed E-state index contributed by atoms with van der Waals surface area (Å²) in [7, 11) is -0.906. The van der Waals surface area contributed by atoms with Crippen LogP contribution in [0.5, 0.6) is 0 Å². The van der Waals surface area contributed by atoms with Crippen LogP contribution in [0, 0.1) is 17.3 Å². The van der Waals surface area contributed by atoms with Gasteiger partial charge in [0.05, 0.1) is 17.8 Å². The summed E-state index contributed by atoms with van der Waals surface area (Å²) in [5, 5.41) is 17.8. The molecule has 3 rings (SSSR count). The lowest BCUT2D eigenvalue weighted by atomic mass is 9.76. The van der Waals surface area contributed by atoms with E-state index < -0.39 is 74.7 Å². The van der Waals surface area contributed by atoms with Crippen molar-refractivity contribution >= 4 is 63.1 Å². The molecule has 420 valence electrons. The van der Waals surface area contributed by atoms with Gasteiger partial charge in [0, 0.05) is 68.0 Å². The smallest absolute Gasteiger partial charge is 0.312 e. The van der Waals surface area contributed by atoms with Crippen molar-refractivity contribution in [2.45, 2.75) is 149 Å². The molecule has 0 saturated heterocycles. The molecule has 9 N–H and O–H groups in total. The number of anilines is 1. The number of nitrogens with two attached hydrogens (primary N) is 1. The van der Waals surface area contributed by atoms with Crippen molar-refractivity contribution in [3.05, 3.63) is 89.5 Å². The monoisotopic (exact) mass is 1080 g/mol. The SMILES string of the molecule is CN[C@H](C(=O)N[C@H](C(=O)N(C)[C@H](/C=C(\C)C(=O)NS(=O)(=O)Cc1ccc(NC[C@H](CCCNC(N)=O)NC(=O)[C@@H](NC(=O)CCCCCN2C(=O)C=CC2=O)C(C)C)cc1)C(C)C)C(C)(C)C)C(C)(C)c1ccccc1. The van der Waals surface area contributed by atoms with Gasteiger partial charge in [0.15, 0.2) is 0 Å². The van der Waals surface area contributed by atoms with E-state index in [0.29, 0.717) is 43.4 Å². The van der Waals surface area contributed by atoms with Crippen LogP contribution in [0.3, 0.4) is 0 Å². The first kappa shape index (κ1) is 63.7. The third-order valence-electron chi connectivity index (χ3n) is 13.4. The Hall–Kier alpha value is -6.61. The van der Waals surface area contributed by atoms with Gasteiger partial charge in [0.1, 0.15) is 12.1 Å². The van der Waals surface area contributed by atoms with Gasteiger partial charge in [0.25, 0.3) is 17.7 Å². The second-order valence-electron chi connectivity index (χ2n) is 21.8. The highest BCUT2D eigenvalue weighted by molar-refractivity contribution is 7.89. The summed E-state index contributed by atoms with van der Waals surface area (Å²) in [4.78, 5) is 106. The number of imide groups is 1. The van der Waals surface area contributed by atoms with E-state index in [4.69, 9.17) is 5.73 Å². The third kappa shape index (κ3) is 19.8. The maximum absolute atomic E-state index is 14.4. The number of carbonyl (C=O) groups excluding carboxylic acids is 8. The van der Waals surface area contributed by atoms with Crippen LogP contribution in [0.4, 0.5) is 10.5 Å². The molecule has 5 atom stereocenters. The van der Waals surface area contributed by atoms with Crippen LogP contribution in [0.1, 0.15) is 119 Å². The third-order valence-corrected chi connectivity index (χ3v) is 14.6. The van der Waals surface area contributed by atoms with Gasteiger partial charge in [-0.05, 0) is 80.2 Å². The number of likely N-dealkylation sites (N-methyl/N-ethyl adjacent to an activating group) is 2. The van der Waals surface area contributed by atoms with Gasteiger partial charge in [-0.15, -0.1) is 0 Å². The van der Waals surface area contributed by atoms with Gasteiger partial charge in [-0.25, -0.2) is 17.9 Å². The van der Waals surface area contributed by atoms with Crippen LogP contribution in [0.15, 0.2) is 78.4 Å². The van der Waals surface area contributed by atoms with Crippen molar-refractivity contribution in [3.8, 4) is 0 Å². The molecule has 76 heavy (non-hydrogen) atoms. The summed E-state index contributed by atoms with van der Waals surface area (Å²) in [6.07, 6.45) is 6.69. The average molecular weight is 1080 g/mol. The number of nitrogens with one attached hydrogen (secondary N) is 7. The van der Waals surface area contributed by atoms with Crippen LogP contribution < -0.4 is 42.4 Å². The molecule has 0 aliphatic carbocycles. The number of unbranched alkanes of at least 4 members (excludes halogenated alkanes) is 2. The largest absolute Gasteiger partial charge is 0.383 e. The maximum Gasteiger partial charge on any atom is 0.312 e. The maximum atomic E-state index is 14.4. The van der Waals surface area contributed by atoms with Gasteiger partial charge < -0.3 is 42.5 Å². The Kier molecular flexibility index (Phi) is 24.3. The zero-order chi connectivity index (χ0) is 57.1. The van der Waals surface area contributed by atoms with Crippen molar-refractivity contribution in [2.75, 3.05) is 39.0 Å². The van der Waals surface area contributed by atoms with E-state index in [9.17, 15) is 46.8 Å². The molecule has 1 aliphatic heterocycles. The summed E-state index contributed by atoms with van der Waals surface area (Å²) in [6.45, 7) is 19.1. The van der Waals surface area contributed by atoms with Crippen molar-refractivity contribution in [1.82, 2.24) is 41.1 Å². The van der Waals surface area contributed by atoms with E-state index in [2.05, 4.69) is 36.6 Å². The average Bonchev–Trinajstić information content (AvgIpc) is 3.66. The van der Waals surface area contributed by atoms with Gasteiger partial charge in [-0.2, -0.15) is 0 Å². The molecule has 0 radical (unpaired) electrons. The summed E-state index contributed by atoms with van der Waals surface area (Å²) in [5.74, 6) is -4.01. The predicted octanol–water partition coefficient (Wildman–Crippen LogP) is 4.13. The van der Waals surface area contributed by atoms with Crippen molar-refractivity contribution in [1.29, 1.82) is 0 Å². The van der Waals surface area contributed by atoms with Gasteiger partial charge in [0.2, 0.25) is 33.7 Å². The summed E-state index contributed by atoms with van der Waals surface area (Å²) >= 11 is 0. The lowest BCUT2D eigenvalue weighted by Gasteiger charge is -2.40. The summed E-state index contributed by atoms with van der Waals surface area (Å²) in [6, 6.07) is 11.8. The topological polar surface area (TPSA) is 287 Å². The zero-order valence-electron chi connectivity index (χ0n) is 46.5. The molecule has 2 aromatic carbocycles. The fourth-order valence-electron chi connectivity index (χ4n) is 8.84. The fourth-order valence-corrected chi connectivity index (χ4v) is 9.99. The number of hydrogen-bond donors (Lipinski definition) is 8. The molecular weight excluding hydrogens is 993 g/mol. The molecule has 0 spiro atoms. The predicted molar refractivity (Wildman–Crippen MR) is 294 cm³/mol. The number of rotatable bonds is 30. The van der Waals surface area contributed by atoms with Crippen molar-refractivity contribution < 1.29 is 46.8 Å². The first-order chi connectivity index (χ1) is 35.5. The summed E-state index contributed by atoms with van der Waals surface area (Å²) in [5.41, 5.74) is 5.89. The number of hydrogen-bond acceptors (Lipinski definition) is 12. The normalized spacial score (nSPS) is 15.1. The van der Waals surface area contributed by atoms with E-state index in [1.165, 1.54) is 24.0 Å². The zero-order valence-corrected chi connectivity index (χ0v) is 47.3. The van der Waals surface area contributed by atoms with E-state index >= 15 is 0 Å². The highest BCUT2D eigenvalue weighted by atomic mass is 32.2. The molecule has 1 aliphatic rings. The Balaban J connectivity index is 1.64. The molecule has 0 fully saturated rings. The molecule has 2 aromatic rings. The molecule has 0 aromatic heterocycles. The number of urea groups is 1.